The lowest BCUT2D eigenvalue weighted by Crippen LogP contribution is -2.41. The molecule has 2 N–H and O–H groups in total. The fourth-order valence-corrected chi connectivity index (χ4v) is 4.64. The fraction of sp³-hybridized carbons (Fsp3) is 0.542. The summed E-state index contributed by atoms with van der Waals surface area (Å²) in [5.74, 6) is 0.183. The number of aryl methyl sites for hydroxylation is 1. The van der Waals surface area contributed by atoms with Gasteiger partial charge in [-0.1, -0.05) is 35.8 Å². The van der Waals surface area contributed by atoms with Gasteiger partial charge < -0.3 is 10.2 Å². The average molecular weight is 454 g/mol. The van der Waals surface area contributed by atoms with E-state index in [4.69, 9.17) is 5.26 Å². The number of unbranched alkanes of at least 4 members (excludes halogenated alkanes) is 1. The standard InChI is InChI=1S/C24H32FN7O/c1-4-5-13-32(14-11-26)22(33)16-27-12-10-24(23-28-30-31-29-23)18(3)17(2)6-7-19-15-20(25)8-9-21(19)24/h8-9,15,27H,4-7,10,12-14,16H2,1-3H3,(H,28,29,30,31). The first kappa shape index (κ1) is 24.5. The van der Waals surface area contributed by atoms with E-state index in [0.717, 1.165) is 42.4 Å². The van der Waals surface area contributed by atoms with Crippen LogP contribution in [0, 0.1) is 17.1 Å². The summed E-state index contributed by atoms with van der Waals surface area (Å²) in [6.07, 6.45) is 3.97. The molecule has 0 radical (unpaired) electrons. The van der Waals surface area contributed by atoms with Gasteiger partial charge in [0, 0.05) is 6.54 Å². The molecule has 0 fully saturated rings. The number of aromatic nitrogens is 4. The molecule has 3 rings (SSSR count). The molecular formula is C24H32FN7O. The van der Waals surface area contributed by atoms with E-state index < -0.39 is 5.41 Å². The predicted molar refractivity (Wildman–Crippen MR) is 123 cm³/mol. The van der Waals surface area contributed by atoms with E-state index in [0.29, 0.717) is 25.3 Å². The second-order valence-electron chi connectivity index (χ2n) is 8.60. The number of nitrogens with zero attached hydrogens (tertiary/aromatic N) is 5. The van der Waals surface area contributed by atoms with Gasteiger partial charge in [0.1, 0.15) is 12.4 Å². The number of carbonyl (C=O) groups is 1. The summed E-state index contributed by atoms with van der Waals surface area (Å²) >= 11 is 0. The molecule has 0 spiro atoms. The highest BCUT2D eigenvalue weighted by Crippen LogP contribution is 2.45. The number of carbonyl (C=O) groups excluding carboxylic acids is 1. The number of rotatable bonds is 10. The van der Waals surface area contributed by atoms with E-state index in [1.54, 1.807) is 11.0 Å². The minimum absolute atomic E-state index is 0.0906. The van der Waals surface area contributed by atoms with E-state index >= 15 is 0 Å². The Kier molecular flexibility index (Phi) is 8.28. The Morgan fingerprint density at radius 3 is 2.88 bits per heavy atom. The van der Waals surface area contributed by atoms with Gasteiger partial charge in [0.25, 0.3) is 0 Å². The van der Waals surface area contributed by atoms with E-state index in [2.05, 4.69) is 52.8 Å². The van der Waals surface area contributed by atoms with Gasteiger partial charge in [-0.3, -0.25) is 4.79 Å². The lowest BCUT2D eigenvalue weighted by molar-refractivity contribution is -0.129. The second-order valence-corrected chi connectivity index (χ2v) is 8.60. The number of fused-ring (bicyclic) bond motifs is 1. The van der Waals surface area contributed by atoms with E-state index in [-0.39, 0.29) is 24.8 Å². The Morgan fingerprint density at radius 2 is 2.18 bits per heavy atom. The van der Waals surface area contributed by atoms with Crippen LogP contribution in [0.1, 0.15) is 63.4 Å². The van der Waals surface area contributed by atoms with Crippen LogP contribution in [-0.4, -0.2) is 57.6 Å². The molecule has 1 amide bonds. The summed E-state index contributed by atoms with van der Waals surface area (Å²) in [7, 11) is 0. The zero-order chi connectivity index (χ0) is 23.8. The molecule has 0 saturated heterocycles. The molecule has 33 heavy (non-hydrogen) atoms. The van der Waals surface area contributed by atoms with Crippen LogP contribution >= 0.6 is 0 Å². The average Bonchev–Trinajstić information content (AvgIpc) is 3.32. The van der Waals surface area contributed by atoms with Crippen molar-refractivity contribution < 1.29 is 9.18 Å². The third-order valence-corrected chi connectivity index (χ3v) is 6.65. The monoisotopic (exact) mass is 453 g/mol. The number of H-pyrrole nitrogens is 1. The van der Waals surface area contributed by atoms with Crippen LogP contribution < -0.4 is 5.32 Å². The molecule has 1 aromatic carbocycles. The Balaban J connectivity index is 1.85. The van der Waals surface area contributed by atoms with E-state index in [9.17, 15) is 9.18 Å². The molecule has 1 aliphatic rings. The number of allylic oxidation sites excluding steroid dienone is 2. The lowest BCUT2D eigenvalue weighted by Gasteiger charge is -2.34. The van der Waals surface area contributed by atoms with Gasteiger partial charge in [0.15, 0.2) is 5.82 Å². The van der Waals surface area contributed by atoms with Crippen LogP contribution in [0.15, 0.2) is 29.3 Å². The van der Waals surface area contributed by atoms with Crippen LogP contribution in [0.5, 0.6) is 0 Å². The van der Waals surface area contributed by atoms with Gasteiger partial charge in [-0.05, 0) is 69.3 Å². The summed E-state index contributed by atoms with van der Waals surface area (Å²) in [6.45, 7) is 7.55. The minimum Gasteiger partial charge on any atom is -0.328 e. The summed E-state index contributed by atoms with van der Waals surface area (Å²) in [6, 6.07) is 6.97. The van der Waals surface area contributed by atoms with Crippen LogP contribution in [0.4, 0.5) is 4.39 Å². The SMILES string of the molecule is CCCCN(CC#N)C(=O)CNCCC1(c2nn[nH]n2)C(C)=C(C)CCc2cc(F)ccc21. The molecule has 1 aliphatic carbocycles. The number of halogens is 1. The van der Waals surface area contributed by atoms with Gasteiger partial charge >= 0.3 is 0 Å². The van der Waals surface area contributed by atoms with Crippen molar-refractivity contribution in [3.8, 4) is 6.07 Å². The number of hydrogen-bond acceptors (Lipinski definition) is 6. The maximum absolute atomic E-state index is 14.1. The summed E-state index contributed by atoms with van der Waals surface area (Å²) in [4.78, 5) is 14.2. The molecule has 0 saturated carbocycles. The first-order chi connectivity index (χ1) is 15.9. The molecule has 0 bridgehead atoms. The second kappa shape index (κ2) is 11.1. The van der Waals surface area contributed by atoms with Crippen molar-refractivity contribution >= 4 is 5.91 Å². The van der Waals surface area contributed by atoms with E-state index in [1.807, 2.05) is 6.07 Å². The molecular weight excluding hydrogens is 421 g/mol. The number of nitrogens with one attached hydrogen (secondary N) is 2. The van der Waals surface area contributed by atoms with Crippen LogP contribution in [0.3, 0.4) is 0 Å². The van der Waals surface area contributed by atoms with Crippen molar-refractivity contribution in [3.63, 3.8) is 0 Å². The van der Waals surface area contributed by atoms with Crippen molar-refractivity contribution in [3.05, 3.63) is 52.1 Å². The minimum atomic E-state index is -0.679. The largest absolute Gasteiger partial charge is 0.328 e. The topological polar surface area (TPSA) is 111 Å². The Hall–Kier alpha value is -3.12. The highest BCUT2D eigenvalue weighted by atomic mass is 19.1. The summed E-state index contributed by atoms with van der Waals surface area (Å²) in [5.41, 5.74) is 3.57. The first-order valence-electron chi connectivity index (χ1n) is 11.5. The number of nitriles is 1. The third kappa shape index (κ3) is 5.28. The maximum Gasteiger partial charge on any atom is 0.237 e. The Bertz CT molecular complexity index is 1030. The highest BCUT2D eigenvalue weighted by molar-refractivity contribution is 5.78. The molecule has 1 heterocycles. The quantitative estimate of drug-likeness (QED) is 0.325. The zero-order valence-electron chi connectivity index (χ0n) is 19.6. The van der Waals surface area contributed by atoms with Gasteiger partial charge in [0.05, 0.1) is 18.0 Å². The lowest BCUT2D eigenvalue weighted by atomic mass is 9.69. The smallest absolute Gasteiger partial charge is 0.237 e. The van der Waals surface area contributed by atoms with Gasteiger partial charge in [0.2, 0.25) is 5.91 Å². The Morgan fingerprint density at radius 1 is 1.36 bits per heavy atom. The number of aromatic amines is 1. The number of hydrogen-bond donors (Lipinski definition) is 2. The Labute approximate surface area is 194 Å². The normalized spacial score (nSPS) is 17.9. The molecule has 9 heteroatoms. The molecule has 1 aromatic heterocycles. The third-order valence-electron chi connectivity index (χ3n) is 6.65. The van der Waals surface area contributed by atoms with Gasteiger partial charge in [-0.15, -0.1) is 10.2 Å². The number of tetrazole rings is 1. The molecule has 0 aliphatic heterocycles. The molecule has 8 nitrogen and oxygen atoms in total. The highest BCUT2D eigenvalue weighted by Gasteiger charge is 2.43. The van der Waals surface area contributed by atoms with Crippen molar-refractivity contribution in [2.75, 3.05) is 26.2 Å². The first-order valence-corrected chi connectivity index (χ1v) is 11.5. The number of amides is 1. The zero-order valence-corrected chi connectivity index (χ0v) is 19.6. The number of benzene rings is 1. The van der Waals surface area contributed by atoms with Crippen molar-refractivity contribution in [1.29, 1.82) is 5.26 Å². The summed E-state index contributed by atoms with van der Waals surface area (Å²) < 4.78 is 14.1. The molecule has 2 aromatic rings. The van der Waals surface area contributed by atoms with Crippen LogP contribution in [0.2, 0.25) is 0 Å². The van der Waals surface area contributed by atoms with Crippen molar-refractivity contribution in [1.82, 2.24) is 30.8 Å². The fourth-order valence-electron chi connectivity index (χ4n) is 4.64. The van der Waals surface area contributed by atoms with Gasteiger partial charge in [-0.25, -0.2) is 4.39 Å². The molecule has 1 atom stereocenters. The van der Waals surface area contributed by atoms with Crippen molar-refractivity contribution in [2.45, 2.75) is 58.3 Å². The van der Waals surface area contributed by atoms with Crippen LogP contribution in [0.25, 0.3) is 0 Å². The maximum atomic E-state index is 14.1. The molecule has 176 valence electrons. The predicted octanol–water partition coefficient (Wildman–Crippen LogP) is 3.04. The summed E-state index contributed by atoms with van der Waals surface area (Å²) in [5, 5.41) is 27.4. The molecule has 1 unspecified atom stereocenters. The van der Waals surface area contributed by atoms with Crippen LogP contribution in [-0.2, 0) is 16.6 Å². The van der Waals surface area contributed by atoms with E-state index in [1.165, 1.54) is 11.6 Å². The van der Waals surface area contributed by atoms with Crippen molar-refractivity contribution in [2.24, 2.45) is 0 Å². The van der Waals surface area contributed by atoms with Gasteiger partial charge in [-0.2, -0.15) is 10.5 Å².